The minimum absolute atomic E-state index is 0.0644. The number of benzene rings is 1. The number of nitrogens with one attached hydrogen (secondary N) is 2. The Labute approximate surface area is 154 Å². The molecule has 3 aliphatic rings. The number of aliphatic imine (C=N–C) groups is 1. The van der Waals surface area contributed by atoms with E-state index in [1.165, 1.54) is 11.1 Å². The molecule has 1 amide bonds. The number of nitrogens with two attached hydrogens (primary N) is 1. The second-order valence-electron chi connectivity index (χ2n) is 7.07. The van der Waals surface area contributed by atoms with Crippen LogP contribution in [-0.2, 0) is 11.2 Å². The minimum Gasteiger partial charge on any atom is -0.456 e. The zero-order valence-corrected chi connectivity index (χ0v) is 15.9. The quantitative estimate of drug-likeness (QED) is 0.710. The van der Waals surface area contributed by atoms with Crippen LogP contribution in [0.3, 0.4) is 0 Å². The minimum atomic E-state index is -0.0668. The van der Waals surface area contributed by atoms with Gasteiger partial charge < -0.3 is 21.1 Å². The molecule has 0 radical (unpaired) electrons. The van der Waals surface area contributed by atoms with E-state index in [1.54, 1.807) is 6.20 Å². The van der Waals surface area contributed by atoms with Gasteiger partial charge in [0.1, 0.15) is 17.1 Å². The predicted octanol–water partition coefficient (Wildman–Crippen LogP) is 2.28. The number of amides is 1. The van der Waals surface area contributed by atoms with Gasteiger partial charge in [-0.05, 0) is 58.5 Å². The maximum Gasteiger partial charge on any atom is 0.250 e. The van der Waals surface area contributed by atoms with Crippen molar-refractivity contribution < 1.29 is 9.53 Å². The second kappa shape index (κ2) is 6.86. The molecule has 1 aromatic rings. The highest BCUT2D eigenvalue weighted by atomic mass is 31.1. The Morgan fingerprint density at radius 3 is 3.12 bits per heavy atom. The lowest BCUT2D eigenvalue weighted by molar-refractivity contribution is -0.117. The molecule has 26 heavy (non-hydrogen) atoms. The Morgan fingerprint density at radius 1 is 1.46 bits per heavy atom. The number of hydrogen-bond acceptors (Lipinski definition) is 5. The SMILES string of the molecule is CC(C)NC(=O)C1=CN=C2NC=C(Oc3ccc4c(c3)C(N)CC4)PC12. The highest BCUT2D eigenvalue weighted by molar-refractivity contribution is 7.45. The normalized spacial score (nSPS) is 24.4. The van der Waals surface area contributed by atoms with E-state index in [1.807, 2.05) is 32.2 Å². The van der Waals surface area contributed by atoms with Crippen LogP contribution in [0.2, 0.25) is 0 Å². The van der Waals surface area contributed by atoms with Crippen molar-refractivity contribution >= 4 is 20.3 Å². The Kier molecular flexibility index (Phi) is 4.55. The van der Waals surface area contributed by atoms with Crippen LogP contribution in [0, 0.1) is 0 Å². The molecule has 0 spiro atoms. The summed E-state index contributed by atoms with van der Waals surface area (Å²) >= 11 is 0. The zero-order chi connectivity index (χ0) is 18.3. The number of amidine groups is 1. The lowest BCUT2D eigenvalue weighted by atomic mass is 10.1. The number of fused-ring (bicyclic) bond motifs is 2. The molecule has 2 heterocycles. The highest BCUT2D eigenvalue weighted by Gasteiger charge is 2.33. The average Bonchev–Trinajstić information content (AvgIpc) is 3.18. The molecule has 0 saturated carbocycles. The molecule has 0 aromatic heterocycles. The summed E-state index contributed by atoms with van der Waals surface area (Å²) in [4.78, 5) is 16.7. The summed E-state index contributed by atoms with van der Waals surface area (Å²) in [6, 6.07) is 6.31. The molecule has 7 heteroatoms. The largest absolute Gasteiger partial charge is 0.456 e. The van der Waals surface area contributed by atoms with Gasteiger partial charge in [-0.2, -0.15) is 0 Å². The van der Waals surface area contributed by atoms with Crippen molar-refractivity contribution in [2.24, 2.45) is 10.7 Å². The van der Waals surface area contributed by atoms with E-state index < -0.39 is 0 Å². The Morgan fingerprint density at radius 2 is 2.31 bits per heavy atom. The number of hydrogen-bond donors (Lipinski definition) is 3. The predicted molar refractivity (Wildman–Crippen MR) is 104 cm³/mol. The van der Waals surface area contributed by atoms with E-state index in [0.717, 1.165) is 29.9 Å². The van der Waals surface area contributed by atoms with Crippen molar-refractivity contribution in [2.75, 3.05) is 0 Å². The van der Waals surface area contributed by atoms with Gasteiger partial charge in [-0.1, -0.05) is 6.07 Å². The molecular weight excluding hydrogens is 347 g/mol. The van der Waals surface area contributed by atoms with Crippen molar-refractivity contribution in [3.05, 3.63) is 52.8 Å². The molecule has 0 saturated heterocycles. The van der Waals surface area contributed by atoms with E-state index >= 15 is 0 Å². The lowest BCUT2D eigenvalue weighted by Crippen LogP contribution is -2.38. The van der Waals surface area contributed by atoms with Crippen molar-refractivity contribution in [1.29, 1.82) is 0 Å². The molecule has 4 rings (SSSR count). The zero-order valence-electron chi connectivity index (χ0n) is 14.9. The third kappa shape index (κ3) is 3.27. The van der Waals surface area contributed by atoms with Crippen LogP contribution < -0.4 is 21.1 Å². The maximum atomic E-state index is 12.4. The number of rotatable bonds is 4. The van der Waals surface area contributed by atoms with Crippen LogP contribution in [0.1, 0.15) is 37.4 Å². The Bertz CT molecular complexity index is 844. The van der Waals surface area contributed by atoms with Gasteiger partial charge in [0.25, 0.3) is 0 Å². The maximum absolute atomic E-state index is 12.4. The molecule has 3 atom stereocenters. The first-order chi connectivity index (χ1) is 12.5. The second-order valence-corrected chi connectivity index (χ2v) is 8.42. The summed E-state index contributed by atoms with van der Waals surface area (Å²) in [5, 5.41) is 6.10. The molecule has 1 aliphatic carbocycles. The molecular formula is C19H23N4O2P. The number of carbonyl (C=O) groups is 1. The molecule has 136 valence electrons. The number of aryl methyl sites for hydroxylation is 1. The Hall–Kier alpha value is -2.17. The topological polar surface area (TPSA) is 88.7 Å². The summed E-state index contributed by atoms with van der Waals surface area (Å²) in [5.41, 5.74) is 10.1. The van der Waals surface area contributed by atoms with Gasteiger partial charge in [0.15, 0.2) is 0 Å². The van der Waals surface area contributed by atoms with Crippen molar-refractivity contribution in [1.82, 2.24) is 10.6 Å². The van der Waals surface area contributed by atoms with Gasteiger partial charge >= 0.3 is 0 Å². The molecule has 3 unspecified atom stereocenters. The molecule has 0 bridgehead atoms. The average molecular weight is 370 g/mol. The summed E-state index contributed by atoms with van der Waals surface area (Å²) in [7, 11) is 0.311. The summed E-state index contributed by atoms with van der Waals surface area (Å²) < 4.78 is 6.09. The fraction of sp³-hybridized carbons (Fsp3) is 0.368. The molecule has 4 N–H and O–H groups in total. The van der Waals surface area contributed by atoms with Crippen LogP contribution in [0.15, 0.2) is 46.7 Å². The van der Waals surface area contributed by atoms with Crippen molar-refractivity contribution in [3.8, 4) is 5.75 Å². The van der Waals surface area contributed by atoms with E-state index in [0.29, 0.717) is 14.2 Å². The van der Waals surface area contributed by atoms with Gasteiger partial charge in [0, 0.05) is 24.5 Å². The van der Waals surface area contributed by atoms with Gasteiger partial charge in [0.05, 0.1) is 11.2 Å². The van der Waals surface area contributed by atoms with Crippen LogP contribution in [0.25, 0.3) is 0 Å². The third-order valence-electron chi connectivity index (χ3n) is 4.72. The molecule has 6 nitrogen and oxygen atoms in total. The Balaban J connectivity index is 1.47. The first-order valence-electron chi connectivity index (χ1n) is 8.89. The smallest absolute Gasteiger partial charge is 0.250 e. The van der Waals surface area contributed by atoms with Crippen LogP contribution in [-0.4, -0.2) is 23.4 Å². The first-order valence-corrected chi connectivity index (χ1v) is 9.97. The van der Waals surface area contributed by atoms with Crippen LogP contribution in [0.4, 0.5) is 0 Å². The number of carbonyl (C=O) groups excluding carboxylic acids is 1. The van der Waals surface area contributed by atoms with Crippen LogP contribution in [0.5, 0.6) is 5.75 Å². The summed E-state index contributed by atoms with van der Waals surface area (Å²) in [6.45, 7) is 3.90. The van der Waals surface area contributed by atoms with Gasteiger partial charge in [-0.25, -0.2) is 4.99 Å². The van der Waals surface area contributed by atoms with Crippen molar-refractivity contribution in [3.63, 3.8) is 0 Å². The number of ether oxygens (including phenoxy) is 1. The monoisotopic (exact) mass is 370 g/mol. The van der Waals surface area contributed by atoms with Crippen molar-refractivity contribution in [2.45, 2.75) is 44.4 Å². The molecule has 1 aromatic carbocycles. The third-order valence-corrected chi connectivity index (χ3v) is 6.12. The van der Waals surface area contributed by atoms with E-state index in [4.69, 9.17) is 10.5 Å². The standard InChI is InChI=1S/C19H23N4O2P/c1-10(2)23-19(24)14-8-21-18-17(14)26-16(9-22-18)25-12-5-3-11-4-6-15(20)13(11)7-12/h3,5,7-10,15,17,26H,4,6,20H2,1-2H3,(H,21,22)(H,23,24). The fourth-order valence-corrected chi connectivity index (χ4v) is 4.70. The first kappa shape index (κ1) is 17.3. The van der Waals surface area contributed by atoms with Gasteiger partial charge in [0.2, 0.25) is 5.91 Å². The summed E-state index contributed by atoms with van der Waals surface area (Å²) in [5.74, 6) is 1.53. The van der Waals surface area contributed by atoms with E-state index in [9.17, 15) is 4.79 Å². The lowest BCUT2D eigenvalue weighted by Gasteiger charge is -2.24. The summed E-state index contributed by atoms with van der Waals surface area (Å²) in [6.07, 6.45) is 5.51. The van der Waals surface area contributed by atoms with E-state index in [-0.39, 0.29) is 23.6 Å². The number of nitrogens with zero attached hydrogens (tertiary/aromatic N) is 1. The molecule has 0 fully saturated rings. The molecule has 2 aliphatic heterocycles. The highest BCUT2D eigenvalue weighted by Crippen LogP contribution is 2.41. The van der Waals surface area contributed by atoms with Gasteiger partial charge in [-0.15, -0.1) is 0 Å². The van der Waals surface area contributed by atoms with Crippen LogP contribution >= 0.6 is 8.58 Å². The van der Waals surface area contributed by atoms with Gasteiger partial charge in [-0.3, -0.25) is 4.79 Å². The van der Waals surface area contributed by atoms with E-state index in [2.05, 4.69) is 21.7 Å². The fourth-order valence-electron chi connectivity index (χ4n) is 3.42.